The largest absolute Gasteiger partial charge is 0.489 e. The highest BCUT2D eigenvalue weighted by Crippen LogP contribution is 2.35. The molecule has 0 atom stereocenters. The van der Waals surface area contributed by atoms with Crippen LogP contribution in [0.25, 0.3) is 0 Å². The average Bonchev–Trinajstić information content (AvgIpc) is 2.26. The summed E-state index contributed by atoms with van der Waals surface area (Å²) in [7, 11) is 4.03. The van der Waals surface area contributed by atoms with Crippen LogP contribution in [0.5, 0.6) is 5.75 Å². The maximum Gasteiger partial charge on any atom is 0.144 e. The van der Waals surface area contributed by atoms with Crippen LogP contribution in [0, 0.1) is 0 Å². The molecule has 4 heteroatoms. The Labute approximate surface area is 109 Å². The summed E-state index contributed by atoms with van der Waals surface area (Å²) in [5, 5.41) is 9.95. The van der Waals surface area contributed by atoms with E-state index in [1.165, 1.54) is 0 Å². The number of β-amino-alcohol motifs (C(OH)–C–C–N with tert-alkyl or cyclic N) is 1. The molecule has 0 aliphatic carbocycles. The molecule has 1 aliphatic rings. The molecule has 1 aromatic rings. The maximum atomic E-state index is 9.95. The Morgan fingerprint density at radius 1 is 1.39 bits per heavy atom. The van der Waals surface area contributed by atoms with Gasteiger partial charge in [-0.15, -0.1) is 0 Å². The second-order valence-corrected chi connectivity index (χ2v) is 5.63. The molecular formula is C14H22N2O2. The van der Waals surface area contributed by atoms with E-state index in [2.05, 4.69) is 21.9 Å². The summed E-state index contributed by atoms with van der Waals surface area (Å²) in [5.74, 6) is 0.900. The molecule has 0 amide bonds. The van der Waals surface area contributed by atoms with Crippen LogP contribution in [0.15, 0.2) is 18.2 Å². The first-order valence-corrected chi connectivity index (χ1v) is 6.28. The van der Waals surface area contributed by atoms with Crippen LogP contribution in [0.2, 0.25) is 0 Å². The topological polar surface area (TPSA) is 35.9 Å². The van der Waals surface area contributed by atoms with Crippen LogP contribution in [-0.2, 0) is 0 Å². The Morgan fingerprint density at radius 2 is 2.11 bits per heavy atom. The van der Waals surface area contributed by atoms with Crippen molar-refractivity contribution in [3.63, 3.8) is 0 Å². The van der Waals surface area contributed by atoms with Crippen molar-refractivity contribution in [1.82, 2.24) is 0 Å². The molecule has 1 heterocycles. The van der Waals surface area contributed by atoms with Gasteiger partial charge < -0.3 is 19.6 Å². The zero-order chi connectivity index (χ0) is 13.3. The van der Waals surface area contributed by atoms with E-state index < -0.39 is 5.60 Å². The molecule has 0 saturated carbocycles. The summed E-state index contributed by atoms with van der Waals surface area (Å²) in [4.78, 5) is 4.23. The van der Waals surface area contributed by atoms with Gasteiger partial charge in [-0.1, -0.05) is 0 Å². The van der Waals surface area contributed by atoms with E-state index in [-0.39, 0.29) is 0 Å². The molecule has 0 radical (unpaired) electrons. The van der Waals surface area contributed by atoms with E-state index in [0.717, 1.165) is 23.7 Å². The van der Waals surface area contributed by atoms with Gasteiger partial charge in [0.1, 0.15) is 12.4 Å². The van der Waals surface area contributed by atoms with E-state index in [9.17, 15) is 5.11 Å². The first-order chi connectivity index (χ1) is 8.37. The van der Waals surface area contributed by atoms with Crippen LogP contribution in [-0.4, -0.2) is 44.5 Å². The van der Waals surface area contributed by atoms with Gasteiger partial charge in [0.05, 0.1) is 17.8 Å². The van der Waals surface area contributed by atoms with Gasteiger partial charge in [0.15, 0.2) is 0 Å². The summed E-state index contributed by atoms with van der Waals surface area (Å²) >= 11 is 0. The molecule has 0 fully saturated rings. The van der Waals surface area contributed by atoms with Crippen LogP contribution in [0.1, 0.15) is 13.8 Å². The summed E-state index contributed by atoms with van der Waals surface area (Å²) < 4.78 is 5.71. The number of hydrogen-bond acceptors (Lipinski definition) is 4. The summed E-state index contributed by atoms with van der Waals surface area (Å²) in [5.41, 5.74) is 1.49. The first kappa shape index (κ1) is 13.0. The molecule has 0 aromatic heterocycles. The van der Waals surface area contributed by atoms with Gasteiger partial charge in [-0.2, -0.15) is 0 Å². The second-order valence-electron chi connectivity index (χ2n) is 5.63. The van der Waals surface area contributed by atoms with Gasteiger partial charge in [0.25, 0.3) is 0 Å². The van der Waals surface area contributed by atoms with Crippen molar-refractivity contribution in [1.29, 1.82) is 0 Å². The number of nitrogens with zero attached hydrogens (tertiary/aromatic N) is 2. The van der Waals surface area contributed by atoms with Gasteiger partial charge >= 0.3 is 0 Å². The summed E-state index contributed by atoms with van der Waals surface area (Å²) in [6, 6.07) is 6.19. The lowest BCUT2D eigenvalue weighted by molar-refractivity contribution is 0.0855. The van der Waals surface area contributed by atoms with E-state index in [0.29, 0.717) is 13.2 Å². The second kappa shape index (κ2) is 4.69. The lowest BCUT2D eigenvalue weighted by atomic mass is 10.1. The molecule has 0 unspecified atom stereocenters. The highest BCUT2D eigenvalue weighted by atomic mass is 16.5. The SMILES string of the molecule is CN(C)c1ccc2c(c1)OCCN2CC(C)(C)O. The fourth-order valence-electron chi connectivity index (χ4n) is 2.18. The fraction of sp³-hybridized carbons (Fsp3) is 0.571. The van der Waals surface area contributed by atoms with E-state index in [1.807, 2.05) is 34.0 Å². The summed E-state index contributed by atoms with van der Waals surface area (Å²) in [6.45, 7) is 5.76. The third-order valence-corrected chi connectivity index (χ3v) is 3.00. The Morgan fingerprint density at radius 3 is 2.72 bits per heavy atom. The fourth-order valence-corrected chi connectivity index (χ4v) is 2.18. The Bertz CT molecular complexity index is 424. The van der Waals surface area contributed by atoms with Crippen LogP contribution < -0.4 is 14.5 Å². The average molecular weight is 250 g/mol. The Balaban J connectivity index is 2.27. The van der Waals surface area contributed by atoms with Crippen LogP contribution in [0.4, 0.5) is 11.4 Å². The van der Waals surface area contributed by atoms with Gasteiger partial charge in [-0.25, -0.2) is 0 Å². The smallest absolute Gasteiger partial charge is 0.144 e. The third-order valence-electron chi connectivity index (χ3n) is 3.00. The maximum absolute atomic E-state index is 9.95. The minimum atomic E-state index is -0.700. The predicted octanol–water partition coefficient (Wildman–Crippen LogP) is 1.72. The number of benzene rings is 1. The quantitative estimate of drug-likeness (QED) is 0.886. The normalized spacial score (nSPS) is 15.1. The minimum Gasteiger partial charge on any atom is -0.489 e. The Kier molecular flexibility index (Phi) is 3.39. The molecule has 18 heavy (non-hydrogen) atoms. The van der Waals surface area contributed by atoms with Crippen molar-refractivity contribution >= 4 is 11.4 Å². The van der Waals surface area contributed by atoms with Crippen molar-refractivity contribution < 1.29 is 9.84 Å². The van der Waals surface area contributed by atoms with Crippen molar-refractivity contribution in [2.75, 3.05) is 43.6 Å². The van der Waals surface area contributed by atoms with E-state index in [1.54, 1.807) is 0 Å². The molecule has 1 N–H and O–H groups in total. The van der Waals surface area contributed by atoms with E-state index in [4.69, 9.17) is 4.74 Å². The number of rotatable bonds is 3. The molecule has 0 spiro atoms. The summed E-state index contributed by atoms with van der Waals surface area (Å²) in [6.07, 6.45) is 0. The van der Waals surface area contributed by atoms with E-state index >= 15 is 0 Å². The van der Waals surface area contributed by atoms with Gasteiger partial charge in [-0.05, 0) is 26.0 Å². The lowest BCUT2D eigenvalue weighted by Crippen LogP contribution is -2.42. The number of hydrogen-bond donors (Lipinski definition) is 1. The third kappa shape index (κ3) is 2.88. The number of fused-ring (bicyclic) bond motifs is 1. The molecule has 100 valence electrons. The highest BCUT2D eigenvalue weighted by molar-refractivity contribution is 5.66. The van der Waals surface area contributed by atoms with Crippen molar-refractivity contribution in [3.05, 3.63) is 18.2 Å². The molecular weight excluding hydrogens is 228 g/mol. The molecule has 0 bridgehead atoms. The minimum absolute atomic E-state index is 0.616. The molecule has 1 aromatic carbocycles. The monoisotopic (exact) mass is 250 g/mol. The zero-order valence-corrected chi connectivity index (χ0v) is 11.6. The first-order valence-electron chi connectivity index (χ1n) is 6.28. The molecule has 0 saturated heterocycles. The predicted molar refractivity (Wildman–Crippen MR) is 74.8 cm³/mol. The zero-order valence-electron chi connectivity index (χ0n) is 11.6. The number of ether oxygens (including phenoxy) is 1. The van der Waals surface area contributed by atoms with Gasteiger partial charge in [0.2, 0.25) is 0 Å². The van der Waals surface area contributed by atoms with Gasteiger partial charge in [0, 0.05) is 32.4 Å². The van der Waals surface area contributed by atoms with Crippen molar-refractivity contribution in [2.45, 2.75) is 19.4 Å². The number of anilines is 2. The molecule has 1 aliphatic heterocycles. The lowest BCUT2D eigenvalue weighted by Gasteiger charge is -2.35. The van der Waals surface area contributed by atoms with Crippen LogP contribution in [0.3, 0.4) is 0 Å². The van der Waals surface area contributed by atoms with Gasteiger partial charge in [-0.3, -0.25) is 0 Å². The standard InChI is InChI=1S/C14H22N2O2/c1-14(2,17)10-16-7-8-18-13-9-11(15(3)4)5-6-12(13)16/h5-6,9,17H,7-8,10H2,1-4H3. The Hall–Kier alpha value is -1.42. The van der Waals surface area contributed by atoms with Crippen LogP contribution >= 0.6 is 0 Å². The van der Waals surface area contributed by atoms with Crippen molar-refractivity contribution in [2.24, 2.45) is 0 Å². The molecule has 2 rings (SSSR count). The molecule has 4 nitrogen and oxygen atoms in total. The highest BCUT2D eigenvalue weighted by Gasteiger charge is 2.24. The number of aliphatic hydroxyl groups is 1. The van der Waals surface area contributed by atoms with Crippen molar-refractivity contribution in [3.8, 4) is 5.75 Å².